The van der Waals surface area contributed by atoms with Crippen LogP contribution in [0.5, 0.6) is 28.7 Å². The molecule has 4 rings (SSSR count). The van der Waals surface area contributed by atoms with Crippen molar-refractivity contribution >= 4 is 21.6 Å². The molecule has 190 valence electrons. The van der Waals surface area contributed by atoms with Crippen LogP contribution in [0.4, 0.5) is 5.69 Å². The van der Waals surface area contributed by atoms with Gasteiger partial charge in [-0.1, -0.05) is 6.07 Å². The van der Waals surface area contributed by atoms with Crippen LogP contribution in [-0.4, -0.2) is 48.5 Å². The molecule has 2 N–H and O–H groups in total. The molecule has 1 aliphatic rings. The van der Waals surface area contributed by atoms with Gasteiger partial charge >= 0.3 is 0 Å². The molecule has 1 aliphatic heterocycles. The highest BCUT2D eigenvalue weighted by Crippen LogP contribution is 2.34. The maximum Gasteiger partial charge on any atom is 0.262 e. The van der Waals surface area contributed by atoms with E-state index in [1.807, 2.05) is 12.1 Å². The maximum absolute atomic E-state index is 12.6. The second-order valence-electron chi connectivity index (χ2n) is 7.71. The predicted molar refractivity (Wildman–Crippen MR) is 132 cm³/mol. The Morgan fingerprint density at radius 2 is 1.67 bits per heavy atom. The van der Waals surface area contributed by atoms with Gasteiger partial charge in [0.25, 0.3) is 5.91 Å². The number of fused-ring (bicyclic) bond motifs is 1. The monoisotopic (exact) mass is 514 g/mol. The SMILES string of the molecule is COc1ccc(CCNS(=O)(=O)c2ccc(OCC(=O)Nc3ccc4c(c3)OCO4)cc2)cc1OC. The van der Waals surface area contributed by atoms with Crippen molar-refractivity contribution in [3.8, 4) is 28.7 Å². The minimum absolute atomic E-state index is 0.0898. The highest BCUT2D eigenvalue weighted by molar-refractivity contribution is 7.89. The number of sulfonamides is 1. The van der Waals surface area contributed by atoms with Crippen LogP contribution in [0.2, 0.25) is 0 Å². The Balaban J connectivity index is 1.26. The van der Waals surface area contributed by atoms with E-state index in [0.29, 0.717) is 40.9 Å². The second-order valence-corrected chi connectivity index (χ2v) is 9.48. The first-order valence-corrected chi connectivity index (χ1v) is 12.5. The Hall–Kier alpha value is -3.96. The van der Waals surface area contributed by atoms with Gasteiger partial charge in [-0.05, 0) is 60.5 Å². The zero-order valence-corrected chi connectivity index (χ0v) is 20.6. The molecule has 0 spiro atoms. The fourth-order valence-electron chi connectivity index (χ4n) is 3.48. The molecular weight excluding hydrogens is 488 g/mol. The lowest BCUT2D eigenvalue weighted by Gasteiger charge is -2.11. The Labute approximate surface area is 209 Å². The summed E-state index contributed by atoms with van der Waals surface area (Å²) in [6.07, 6.45) is 0.471. The summed E-state index contributed by atoms with van der Waals surface area (Å²) in [5, 5.41) is 2.71. The molecule has 36 heavy (non-hydrogen) atoms. The molecule has 0 saturated heterocycles. The Bertz CT molecular complexity index is 1330. The number of benzene rings is 3. The summed E-state index contributed by atoms with van der Waals surface area (Å²) in [5.41, 5.74) is 1.45. The van der Waals surface area contributed by atoms with Gasteiger partial charge in [0, 0.05) is 18.3 Å². The number of methoxy groups -OCH3 is 2. The third-order valence-electron chi connectivity index (χ3n) is 5.31. The van der Waals surface area contributed by atoms with Crippen molar-refractivity contribution in [1.29, 1.82) is 0 Å². The number of amides is 1. The molecule has 3 aromatic carbocycles. The zero-order chi connectivity index (χ0) is 25.5. The Morgan fingerprint density at radius 1 is 0.917 bits per heavy atom. The van der Waals surface area contributed by atoms with Crippen LogP contribution in [0.15, 0.2) is 65.6 Å². The fraction of sp³-hybridized carbons (Fsp3) is 0.240. The molecule has 3 aromatic rings. The summed E-state index contributed by atoms with van der Waals surface area (Å²) >= 11 is 0. The first-order chi connectivity index (χ1) is 17.4. The first kappa shape index (κ1) is 25.1. The van der Waals surface area contributed by atoms with E-state index in [9.17, 15) is 13.2 Å². The molecule has 0 atom stereocenters. The van der Waals surface area contributed by atoms with Crippen LogP contribution in [0.1, 0.15) is 5.56 Å². The van der Waals surface area contributed by atoms with Gasteiger partial charge in [0.05, 0.1) is 19.1 Å². The van der Waals surface area contributed by atoms with Gasteiger partial charge in [-0.15, -0.1) is 0 Å². The number of anilines is 1. The number of hydrogen-bond donors (Lipinski definition) is 2. The molecule has 0 aromatic heterocycles. The van der Waals surface area contributed by atoms with Gasteiger partial charge in [-0.2, -0.15) is 0 Å². The van der Waals surface area contributed by atoms with Gasteiger partial charge in [-0.25, -0.2) is 13.1 Å². The molecule has 11 heteroatoms. The zero-order valence-electron chi connectivity index (χ0n) is 19.8. The molecule has 1 amide bonds. The third-order valence-corrected chi connectivity index (χ3v) is 6.79. The van der Waals surface area contributed by atoms with Gasteiger partial charge in [-0.3, -0.25) is 4.79 Å². The number of hydrogen-bond acceptors (Lipinski definition) is 8. The quantitative estimate of drug-likeness (QED) is 0.401. The van der Waals surface area contributed by atoms with Crippen molar-refractivity contribution in [2.75, 3.05) is 39.5 Å². The van der Waals surface area contributed by atoms with Crippen LogP contribution in [0.3, 0.4) is 0 Å². The Morgan fingerprint density at radius 3 is 2.42 bits per heavy atom. The lowest BCUT2D eigenvalue weighted by molar-refractivity contribution is -0.118. The lowest BCUT2D eigenvalue weighted by atomic mass is 10.1. The average molecular weight is 515 g/mol. The normalized spacial score (nSPS) is 12.2. The minimum atomic E-state index is -3.72. The van der Waals surface area contributed by atoms with Crippen LogP contribution >= 0.6 is 0 Å². The fourth-order valence-corrected chi connectivity index (χ4v) is 4.52. The van der Waals surface area contributed by atoms with Crippen molar-refractivity contribution in [3.05, 3.63) is 66.2 Å². The summed E-state index contributed by atoms with van der Waals surface area (Å²) in [6.45, 7) is 0.106. The van der Waals surface area contributed by atoms with Crippen molar-refractivity contribution in [3.63, 3.8) is 0 Å². The van der Waals surface area contributed by atoms with E-state index in [2.05, 4.69) is 10.0 Å². The van der Waals surface area contributed by atoms with E-state index in [-0.39, 0.29) is 30.7 Å². The average Bonchev–Trinajstić information content (AvgIpc) is 3.35. The molecule has 0 aliphatic carbocycles. The van der Waals surface area contributed by atoms with Gasteiger partial charge < -0.3 is 29.0 Å². The van der Waals surface area contributed by atoms with Crippen molar-refractivity contribution in [1.82, 2.24) is 4.72 Å². The maximum atomic E-state index is 12.6. The molecule has 0 bridgehead atoms. The second kappa shape index (κ2) is 11.2. The topological polar surface area (TPSA) is 121 Å². The van der Waals surface area contributed by atoms with Crippen molar-refractivity contribution < 1.29 is 36.9 Å². The molecule has 0 radical (unpaired) electrons. The van der Waals surface area contributed by atoms with E-state index in [4.69, 9.17) is 23.7 Å². The number of rotatable bonds is 11. The van der Waals surface area contributed by atoms with Crippen LogP contribution in [-0.2, 0) is 21.2 Å². The largest absolute Gasteiger partial charge is 0.493 e. The van der Waals surface area contributed by atoms with E-state index in [0.717, 1.165) is 5.56 Å². The number of carbonyl (C=O) groups excluding carboxylic acids is 1. The van der Waals surface area contributed by atoms with Gasteiger partial charge in [0.15, 0.2) is 29.6 Å². The van der Waals surface area contributed by atoms with E-state index in [1.54, 1.807) is 38.5 Å². The number of nitrogens with one attached hydrogen (secondary N) is 2. The van der Waals surface area contributed by atoms with E-state index < -0.39 is 10.0 Å². The van der Waals surface area contributed by atoms with E-state index >= 15 is 0 Å². The van der Waals surface area contributed by atoms with Gasteiger partial charge in [0.1, 0.15) is 5.75 Å². The summed E-state index contributed by atoms with van der Waals surface area (Å²) in [6, 6.07) is 16.3. The minimum Gasteiger partial charge on any atom is -0.493 e. The summed E-state index contributed by atoms with van der Waals surface area (Å²) in [4.78, 5) is 12.3. The molecular formula is C25H26N2O8S. The van der Waals surface area contributed by atoms with Gasteiger partial charge in [0.2, 0.25) is 16.8 Å². The number of ether oxygens (including phenoxy) is 5. The molecule has 10 nitrogen and oxygen atoms in total. The first-order valence-electron chi connectivity index (χ1n) is 11.0. The molecule has 1 heterocycles. The summed E-state index contributed by atoms with van der Waals surface area (Å²) in [7, 11) is -0.617. The Kier molecular flexibility index (Phi) is 7.81. The highest BCUT2D eigenvalue weighted by atomic mass is 32.2. The molecule has 0 saturated carbocycles. The smallest absolute Gasteiger partial charge is 0.262 e. The van der Waals surface area contributed by atoms with Crippen molar-refractivity contribution in [2.45, 2.75) is 11.3 Å². The highest BCUT2D eigenvalue weighted by Gasteiger charge is 2.16. The molecule has 0 fully saturated rings. The van der Waals surface area contributed by atoms with E-state index in [1.165, 1.54) is 24.3 Å². The third kappa shape index (κ3) is 6.18. The predicted octanol–water partition coefficient (Wildman–Crippen LogP) is 2.97. The summed E-state index contributed by atoms with van der Waals surface area (Å²) in [5.74, 6) is 2.35. The van der Waals surface area contributed by atoms with Crippen LogP contribution < -0.4 is 33.7 Å². The van der Waals surface area contributed by atoms with Crippen LogP contribution in [0.25, 0.3) is 0 Å². The molecule has 0 unspecified atom stereocenters. The van der Waals surface area contributed by atoms with Crippen LogP contribution in [0, 0.1) is 0 Å². The lowest BCUT2D eigenvalue weighted by Crippen LogP contribution is -2.26. The summed E-state index contributed by atoms with van der Waals surface area (Å²) < 4.78 is 54.3. The standard InChI is InChI=1S/C25H26N2O8S/c1-31-21-9-3-17(13-23(21)32-2)11-12-26-36(29,30)20-7-5-19(6-8-20)33-15-25(28)27-18-4-10-22-24(14-18)35-16-34-22/h3-10,13-14,26H,11-12,15-16H2,1-2H3,(H,27,28). The van der Waals surface area contributed by atoms with Crippen molar-refractivity contribution in [2.24, 2.45) is 0 Å². The number of carbonyl (C=O) groups is 1.